The fraction of sp³-hybridized carbons (Fsp3) is 0.0714. The molecule has 1 amide bonds. The number of ether oxygens (including phenoxy) is 1. The van der Waals surface area contributed by atoms with E-state index in [4.69, 9.17) is 14.7 Å². The van der Waals surface area contributed by atoms with Crippen LogP contribution in [-0.4, -0.2) is 21.4 Å². The maximum Gasteiger partial charge on any atom is 0.342 e. The van der Waals surface area contributed by atoms with Gasteiger partial charge >= 0.3 is 10.1 Å². The molecule has 0 aromatic heterocycles. The summed E-state index contributed by atoms with van der Waals surface area (Å²) < 4.78 is 34.6. The second-order valence-corrected chi connectivity index (χ2v) is 5.56. The molecule has 0 heterocycles. The van der Waals surface area contributed by atoms with E-state index in [1.807, 2.05) is 0 Å². The van der Waals surface area contributed by atoms with Crippen LogP contribution in [-0.2, 0) is 10.1 Å². The van der Waals surface area contributed by atoms with Crippen molar-refractivity contribution in [2.24, 2.45) is 5.73 Å². The summed E-state index contributed by atoms with van der Waals surface area (Å²) in [7, 11) is -2.79. The summed E-state index contributed by atoms with van der Waals surface area (Å²) in [6.07, 6.45) is 0. The van der Waals surface area contributed by atoms with Crippen molar-refractivity contribution < 1.29 is 22.1 Å². The Hall–Kier alpha value is -2.54. The molecule has 0 radical (unpaired) electrons. The van der Waals surface area contributed by atoms with Crippen LogP contribution in [0.5, 0.6) is 11.5 Å². The molecule has 0 aliphatic heterocycles. The molecule has 110 valence electrons. The summed E-state index contributed by atoms with van der Waals surface area (Å²) >= 11 is 0. The van der Waals surface area contributed by atoms with Crippen molar-refractivity contribution in [3.05, 3.63) is 54.1 Å². The minimum atomic E-state index is -4.14. The number of hydrogen-bond donors (Lipinski definition) is 1. The van der Waals surface area contributed by atoms with Gasteiger partial charge in [-0.1, -0.05) is 24.3 Å². The minimum Gasteiger partial charge on any atom is -0.495 e. The fourth-order valence-corrected chi connectivity index (χ4v) is 2.85. The highest BCUT2D eigenvalue weighted by Crippen LogP contribution is 2.27. The van der Waals surface area contributed by atoms with Gasteiger partial charge in [-0.2, -0.15) is 8.42 Å². The van der Waals surface area contributed by atoms with Crippen molar-refractivity contribution in [1.29, 1.82) is 0 Å². The number of carbonyl (C=O) groups excluding carboxylic acids is 1. The van der Waals surface area contributed by atoms with Crippen molar-refractivity contribution in [3.8, 4) is 11.5 Å². The monoisotopic (exact) mass is 307 g/mol. The summed E-state index contributed by atoms with van der Waals surface area (Å²) in [5, 5.41) is 0. The van der Waals surface area contributed by atoms with Gasteiger partial charge in [0.25, 0.3) is 5.91 Å². The second kappa shape index (κ2) is 5.84. The molecule has 2 aromatic rings. The molecule has 2 N–H and O–H groups in total. The number of nitrogens with two attached hydrogens (primary N) is 1. The number of methoxy groups -OCH3 is 1. The quantitative estimate of drug-likeness (QED) is 0.846. The van der Waals surface area contributed by atoms with Gasteiger partial charge < -0.3 is 14.7 Å². The SMILES string of the molecule is COc1ccccc1S(=O)(=O)Oc1ccccc1C(N)=O. The molecular formula is C14H13NO5S. The van der Waals surface area contributed by atoms with Crippen LogP contribution < -0.4 is 14.7 Å². The molecule has 0 bridgehead atoms. The molecule has 0 aliphatic rings. The van der Waals surface area contributed by atoms with Gasteiger partial charge in [0, 0.05) is 0 Å². The van der Waals surface area contributed by atoms with Crippen LogP contribution in [0.3, 0.4) is 0 Å². The van der Waals surface area contributed by atoms with Gasteiger partial charge in [0.15, 0.2) is 5.75 Å². The summed E-state index contributed by atoms with van der Waals surface area (Å²) in [6.45, 7) is 0. The topological polar surface area (TPSA) is 95.7 Å². The smallest absolute Gasteiger partial charge is 0.342 e. The number of amides is 1. The molecule has 0 spiro atoms. The molecule has 2 rings (SSSR count). The number of hydrogen-bond acceptors (Lipinski definition) is 5. The van der Waals surface area contributed by atoms with E-state index >= 15 is 0 Å². The molecule has 2 aromatic carbocycles. The lowest BCUT2D eigenvalue weighted by molar-refractivity contribution is 0.0999. The molecule has 6 nitrogen and oxygen atoms in total. The molecule has 21 heavy (non-hydrogen) atoms. The zero-order chi connectivity index (χ0) is 15.5. The van der Waals surface area contributed by atoms with E-state index < -0.39 is 16.0 Å². The van der Waals surface area contributed by atoms with E-state index in [-0.39, 0.29) is 22.0 Å². The lowest BCUT2D eigenvalue weighted by atomic mass is 10.2. The molecule has 0 saturated carbocycles. The van der Waals surface area contributed by atoms with E-state index in [2.05, 4.69) is 0 Å². The molecule has 0 unspecified atom stereocenters. The number of para-hydroxylation sites is 2. The largest absolute Gasteiger partial charge is 0.495 e. The number of rotatable bonds is 5. The summed E-state index contributed by atoms with van der Waals surface area (Å²) in [6, 6.07) is 11.9. The highest BCUT2D eigenvalue weighted by molar-refractivity contribution is 7.87. The van der Waals surface area contributed by atoms with Crippen molar-refractivity contribution in [2.75, 3.05) is 7.11 Å². The predicted octanol–water partition coefficient (Wildman–Crippen LogP) is 1.56. The third-order valence-corrected chi connectivity index (χ3v) is 3.97. The number of carbonyl (C=O) groups is 1. The van der Waals surface area contributed by atoms with Crippen molar-refractivity contribution in [1.82, 2.24) is 0 Å². The van der Waals surface area contributed by atoms with Gasteiger partial charge in [-0.05, 0) is 24.3 Å². The van der Waals surface area contributed by atoms with Crippen LogP contribution in [0.1, 0.15) is 10.4 Å². The average molecular weight is 307 g/mol. The molecular weight excluding hydrogens is 294 g/mol. The Labute approximate surface area is 122 Å². The Morgan fingerprint density at radius 3 is 2.19 bits per heavy atom. The van der Waals surface area contributed by atoms with E-state index in [1.165, 1.54) is 31.4 Å². The van der Waals surface area contributed by atoms with E-state index in [0.717, 1.165) is 0 Å². The standard InChI is InChI=1S/C14H13NO5S/c1-19-12-8-4-5-9-13(12)21(17,18)20-11-7-3-2-6-10(11)14(15)16/h2-9H,1H3,(H2,15,16). The third-order valence-electron chi connectivity index (χ3n) is 2.69. The highest BCUT2D eigenvalue weighted by atomic mass is 32.2. The molecule has 0 atom stereocenters. The Balaban J connectivity index is 2.45. The van der Waals surface area contributed by atoms with Gasteiger partial charge in [-0.3, -0.25) is 4.79 Å². The summed E-state index contributed by atoms with van der Waals surface area (Å²) in [5.74, 6) is -0.759. The van der Waals surface area contributed by atoms with Crippen LogP contribution in [0.15, 0.2) is 53.4 Å². The maximum atomic E-state index is 12.3. The van der Waals surface area contributed by atoms with Crippen molar-refractivity contribution in [2.45, 2.75) is 4.90 Å². The highest BCUT2D eigenvalue weighted by Gasteiger charge is 2.23. The van der Waals surface area contributed by atoms with E-state index in [0.29, 0.717) is 0 Å². The molecule has 0 fully saturated rings. The first kappa shape index (κ1) is 14.9. The van der Waals surface area contributed by atoms with Gasteiger partial charge in [-0.15, -0.1) is 0 Å². The number of primary amides is 1. The molecule has 0 aliphatic carbocycles. The maximum absolute atomic E-state index is 12.3. The van der Waals surface area contributed by atoms with Crippen LogP contribution in [0.2, 0.25) is 0 Å². The Morgan fingerprint density at radius 2 is 1.57 bits per heavy atom. The molecule has 7 heteroatoms. The third kappa shape index (κ3) is 3.14. The van der Waals surface area contributed by atoms with Gasteiger partial charge in [0.2, 0.25) is 0 Å². The Kier molecular flexibility index (Phi) is 4.13. The lowest BCUT2D eigenvalue weighted by Gasteiger charge is -2.11. The normalized spacial score (nSPS) is 10.9. The predicted molar refractivity (Wildman–Crippen MR) is 75.8 cm³/mol. The molecule has 0 saturated heterocycles. The first-order valence-electron chi connectivity index (χ1n) is 5.92. The van der Waals surface area contributed by atoms with Crippen LogP contribution in [0.25, 0.3) is 0 Å². The van der Waals surface area contributed by atoms with Crippen LogP contribution in [0.4, 0.5) is 0 Å². The summed E-state index contributed by atoms with van der Waals surface area (Å²) in [4.78, 5) is 11.2. The zero-order valence-electron chi connectivity index (χ0n) is 11.1. The minimum absolute atomic E-state index is 0.0176. The van der Waals surface area contributed by atoms with Gasteiger partial charge in [0.1, 0.15) is 10.6 Å². The van der Waals surface area contributed by atoms with Crippen molar-refractivity contribution >= 4 is 16.0 Å². The Morgan fingerprint density at radius 1 is 1.00 bits per heavy atom. The average Bonchev–Trinajstić information content (AvgIpc) is 2.47. The van der Waals surface area contributed by atoms with Crippen LogP contribution in [0, 0.1) is 0 Å². The van der Waals surface area contributed by atoms with E-state index in [9.17, 15) is 13.2 Å². The number of benzene rings is 2. The van der Waals surface area contributed by atoms with Gasteiger partial charge in [0.05, 0.1) is 12.7 Å². The summed E-state index contributed by atoms with van der Waals surface area (Å²) in [5.41, 5.74) is 5.17. The van der Waals surface area contributed by atoms with Gasteiger partial charge in [-0.25, -0.2) is 0 Å². The lowest BCUT2D eigenvalue weighted by Crippen LogP contribution is -2.16. The van der Waals surface area contributed by atoms with Crippen molar-refractivity contribution in [3.63, 3.8) is 0 Å². The fourth-order valence-electron chi connectivity index (χ4n) is 1.73. The van der Waals surface area contributed by atoms with Crippen LogP contribution >= 0.6 is 0 Å². The zero-order valence-corrected chi connectivity index (χ0v) is 12.0. The first-order chi connectivity index (χ1) is 9.95. The first-order valence-corrected chi connectivity index (χ1v) is 7.33. The second-order valence-electron chi connectivity index (χ2n) is 4.05. The van der Waals surface area contributed by atoms with E-state index in [1.54, 1.807) is 24.3 Å². The Bertz CT molecular complexity index is 770.